The molecule has 118 valence electrons. The quantitative estimate of drug-likeness (QED) is 0.860. The van der Waals surface area contributed by atoms with Gasteiger partial charge in [-0.15, -0.1) is 11.3 Å². The molecule has 2 heterocycles. The van der Waals surface area contributed by atoms with E-state index in [0.717, 1.165) is 31.4 Å². The first kappa shape index (κ1) is 15.1. The smallest absolute Gasteiger partial charge is 0.233 e. The predicted octanol–water partition coefficient (Wildman–Crippen LogP) is 1.96. The van der Waals surface area contributed by atoms with Crippen molar-refractivity contribution in [1.82, 2.24) is 9.88 Å². The zero-order valence-electron chi connectivity index (χ0n) is 12.5. The number of nitrogens with zero attached hydrogens (tertiary/aromatic N) is 2. The summed E-state index contributed by atoms with van der Waals surface area (Å²) in [4.78, 5) is 41.9. The third kappa shape index (κ3) is 2.90. The second-order valence-corrected chi connectivity index (χ2v) is 6.78. The van der Waals surface area contributed by atoms with Crippen molar-refractivity contribution in [3.8, 4) is 0 Å². The third-order valence-corrected chi connectivity index (χ3v) is 5.24. The Morgan fingerprint density at radius 1 is 1.32 bits per heavy atom. The number of anilines is 1. The number of nitrogens with one attached hydrogen (secondary N) is 1. The number of fused-ring (bicyclic) bond motifs is 1. The van der Waals surface area contributed by atoms with Crippen LogP contribution in [0.15, 0.2) is 5.38 Å². The van der Waals surface area contributed by atoms with Crippen LogP contribution in [0.2, 0.25) is 0 Å². The fourth-order valence-corrected chi connectivity index (χ4v) is 3.96. The van der Waals surface area contributed by atoms with E-state index >= 15 is 0 Å². The molecule has 1 N–H and O–H groups in total. The molecule has 1 saturated carbocycles. The lowest BCUT2D eigenvalue weighted by Crippen LogP contribution is -2.34. The van der Waals surface area contributed by atoms with Crippen LogP contribution < -0.4 is 5.32 Å². The Kier molecular flexibility index (Phi) is 4.24. The van der Waals surface area contributed by atoms with Crippen LogP contribution in [0.1, 0.15) is 37.8 Å². The molecule has 22 heavy (non-hydrogen) atoms. The Bertz CT molecular complexity index is 589. The summed E-state index contributed by atoms with van der Waals surface area (Å²) in [5, 5.41) is 5.10. The Labute approximate surface area is 132 Å². The summed E-state index contributed by atoms with van der Waals surface area (Å²) in [6, 6.07) is 0. The highest BCUT2D eigenvalue weighted by Crippen LogP contribution is 2.37. The van der Waals surface area contributed by atoms with Gasteiger partial charge < -0.3 is 5.32 Å². The summed E-state index contributed by atoms with van der Waals surface area (Å²) >= 11 is 1.36. The van der Waals surface area contributed by atoms with Gasteiger partial charge in [-0.05, 0) is 19.8 Å². The van der Waals surface area contributed by atoms with Crippen LogP contribution in [-0.4, -0.2) is 34.2 Å². The standard InChI is InChI=1S/C15H19N3O3S/c1-9-8-22-15(16-9)17-12(19)6-7-18-13(20)10-4-2-3-5-11(10)14(18)21/h8,10-11H,2-7H2,1H3,(H,16,17,19)/t10-,11-/m0/s1. The summed E-state index contributed by atoms with van der Waals surface area (Å²) in [6.07, 6.45) is 3.75. The molecule has 7 heteroatoms. The number of carbonyl (C=O) groups is 3. The van der Waals surface area contributed by atoms with Crippen molar-refractivity contribution in [2.24, 2.45) is 11.8 Å². The van der Waals surface area contributed by atoms with Crippen LogP contribution in [-0.2, 0) is 14.4 Å². The summed E-state index contributed by atoms with van der Waals surface area (Å²) in [6.45, 7) is 2.02. The Morgan fingerprint density at radius 2 is 1.95 bits per heavy atom. The van der Waals surface area contributed by atoms with Gasteiger partial charge in [-0.25, -0.2) is 4.98 Å². The number of imide groups is 1. The minimum Gasteiger partial charge on any atom is -0.302 e. The van der Waals surface area contributed by atoms with Gasteiger partial charge in [0, 0.05) is 18.3 Å². The summed E-state index contributed by atoms with van der Waals surface area (Å²) < 4.78 is 0. The molecule has 0 radical (unpaired) electrons. The number of carbonyl (C=O) groups excluding carboxylic acids is 3. The predicted molar refractivity (Wildman–Crippen MR) is 82.3 cm³/mol. The maximum absolute atomic E-state index is 12.3. The zero-order chi connectivity index (χ0) is 15.7. The van der Waals surface area contributed by atoms with Crippen molar-refractivity contribution in [1.29, 1.82) is 0 Å². The Morgan fingerprint density at radius 3 is 2.50 bits per heavy atom. The van der Waals surface area contributed by atoms with Crippen LogP contribution in [0.25, 0.3) is 0 Å². The molecule has 1 aromatic heterocycles. The van der Waals surface area contributed by atoms with E-state index in [4.69, 9.17) is 0 Å². The molecule has 2 atom stereocenters. The zero-order valence-corrected chi connectivity index (χ0v) is 13.3. The first-order chi connectivity index (χ1) is 10.6. The molecule has 2 fully saturated rings. The lowest BCUT2D eigenvalue weighted by atomic mass is 9.81. The first-order valence-electron chi connectivity index (χ1n) is 7.63. The molecule has 0 bridgehead atoms. The van der Waals surface area contributed by atoms with Gasteiger partial charge in [0.2, 0.25) is 17.7 Å². The third-order valence-electron chi connectivity index (χ3n) is 4.36. The Balaban J connectivity index is 1.55. The molecule has 0 unspecified atom stereocenters. The molecule has 3 rings (SSSR count). The highest BCUT2D eigenvalue weighted by Gasteiger charge is 2.47. The molecular formula is C15H19N3O3S. The van der Waals surface area contributed by atoms with Crippen LogP contribution in [0.4, 0.5) is 5.13 Å². The highest BCUT2D eigenvalue weighted by molar-refractivity contribution is 7.13. The number of amides is 3. The number of hydrogen-bond acceptors (Lipinski definition) is 5. The number of thiazole rings is 1. The van der Waals surface area contributed by atoms with E-state index in [1.165, 1.54) is 16.2 Å². The number of aryl methyl sites for hydroxylation is 1. The van der Waals surface area contributed by atoms with E-state index in [9.17, 15) is 14.4 Å². The van der Waals surface area contributed by atoms with E-state index in [0.29, 0.717) is 5.13 Å². The minimum absolute atomic E-state index is 0.0902. The van der Waals surface area contributed by atoms with E-state index in [1.807, 2.05) is 12.3 Å². The van der Waals surface area contributed by atoms with Crippen molar-refractivity contribution >= 4 is 34.2 Å². The molecule has 0 aromatic carbocycles. The average molecular weight is 321 g/mol. The first-order valence-corrected chi connectivity index (χ1v) is 8.51. The van der Waals surface area contributed by atoms with Gasteiger partial charge in [0.05, 0.1) is 17.5 Å². The van der Waals surface area contributed by atoms with Gasteiger partial charge in [0.1, 0.15) is 0 Å². The maximum Gasteiger partial charge on any atom is 0.233 e. The van der Waals surface area contributed by atoms with Crippen LogP contribution in [0.5, 0.6) is 0 Å². The minimum atomic E-state index is -0.218. The van der Waals surface area contributed by atoms with Crippen molar-refractivity contribution in [3.63, 3.8) is 0 Å². The number of likely N-dealkylation sites (tertiary alicyclic amines) is 1. The summed E-state index contributed by atoms with van der Waals surface area (Å²) in [5.41, 5.74) is 0.856. The fraction of sp³-hybridized carbons (Fsp3) is 0.600. The lowest BCUT2D eigenvalue weighted by molar-refractivity contribution is -0.140. The second kappa shape index (κ2) is 6.16. The number of rotatable bonds is 4. The van der Waals surface area contributed by atoms with Crippen LogP contribution >= 0.6 is 11.3 Å². The van der Waals surface area contributed by atoms with E-state index < -0.39 is 0 Å². The fourth-order valence-electron chi connectivity index (χ4n) is 3.26. The molecule has 1 aliphatic heterocycles. The lowest BCUT2D eigenvalue weighted by Gasteiger charge is -2.19. The molecule has 1 saturated heterocycles. The van der Waals surface area contributed by atoms with E-state index in [1.54, 1.807) is 0 Å². The largest absolute Gasteiger partial charge is 0.302 e. The highest BCUT2D eigenvalue weighted by atomic mass is 32.1. The summed E-state index contributed by atoms with van der Waals surface area (Å²) in [7, 11) is 0. The van der Waals surface area contributed by atoms with Crippen molar-refractivity contribution in [3.05, 3.63) is 11.1 Å². The van der Waals surface area contributed by atoms with Gasteiger partial charge in [-0.3, -0.25) is 19.3 Å². The topological polar surface area (TPSA) is 79.4 Å². The molecule has 1 aliphatic carbocycles. The van der Waals surface area contributed by atoms with Crippen molar-refractivity contribution in [2.45, 2.75) is 39.0 Å². The molecule has 1 aromatic rings. The maximum atomic E-state index is 12.3. The SMILES string of the molecule is Cc1csc(NC(=O)CCN2C(=O)[C@H]3CCCC[C@@H]3C2=O)n1. The van der Waals surface area contributed by atoms with Gasteiger partial charge in [0.25, 0.3) is 0 Å². The van der Waals surface area contributed by atoms with Crippen molar-refractivity contribution < 1.29 is 14.4 Å². The normalized spacial score (nSPS) is 24.5. The van der Waals surface area contributed by atoms with Crippen LogP contribution in [0.3, 0.4) is 0 Å². The Hall–Kier alpha value is -1.76. The molecule has 2 aliphatic rings. The molecular weight excluding hydrogens is 302 g/mol. The summed E-state index contributed by atoms with van der Waals surface area (Å²) in [5.74, 6) is -0.693. The molecule has 6 nitrogen and oxygen atoms in total. The van der Waals surface area contributed by atoms with Gasteiger partial charge in [0.15, 0.2) is 5.13 Å². The van der Waals surface area contributed by atoms with Gasteiger partial charge in [-0.2, -0.15) is 0 Å². The molecule has 3 amide bonds. The monoisotopic (exact) mass is 321 g/mol. The van der Waals surface area contributed by atoms with E-state index in [-0.39, 0.29) is 42.5 Å². The average Bonchev–Trinajstić information content (AvgIpc) is 3.01. The van der Waals surface area contributed by atoms with Gasteiger partial charge >= 0.3 is 0 Å². The number of hydrogen-bond donors (Lipinski definition) is 1. The van der Waals surface area contributed by atoms with Gasteiger partial charge in [-0.1, -0.05) is 12.8 Å². The van der Waals surface area contributed by atoms with E-state index in [2.05, 4.69) is 10.3 Å². The van der Waals surface area contributed by atoms with Crippen LogP contribution in [0, 0.1) is 18.8 Å². The van der Waals surface area contributed by atoms with Crippen molar-refractivity contribution in [2.75, 3.05) is 11.9 Å². The number of aromatic nitrogens is 1. The molecule has 0 spiro atoms. The second-order valence-electron chi connectivity index (χ2n) is 5.92.